The average molecular weight is 282 g/mol. The third-order valence-electron chi connectivity index (χ3n) is 3.34. The third-order valence-corrected chi connectivity index (χ3v) is 3.34. The van der Waals surface area contributed by atoms with E-state index in [-0.39, 0.29) is 17.8 Å². The Morgan fingerprint density at radius 2 is 1.84 bits per heavy atom. The molecule has 0 fully saturated rings. The highest BCUT2D eigenvalue weighted by Crippen LogP contribution is 2.27. The van der Waals surface area contributed by atoms with Gasteiger partial charge in [0.15, 0.2) is 0 Å². The van der Waals surface area contributed by atoms with Gasteiger partial charge in [0.05, 0.1) is 0 Å². The molecule has 0 saturated heterocycles. The summed E-state index contributed by atoms with van der Waals surface area (Å²) in [4.78, 5) is 4.47. The van der Waals surface area contributed by atoms with Gasteiger partial charge in [-0.1, -0.05) is 50.2 Å². The quantitative estimate of drug-likeness (QED) is 0.934. The SMILES string of the molecule is CCC(C)(C)c1nc(-c2ccc(CN)cc2)no1.Cl. The normalized spacial score (nSPS) is 11.2. The molecule has 0 unspecified atom stereocenters. The number of rotatable bonds is 4. The Kier molecular flexibility index (Phi) is 5.09. The van der Waals surface area contributed by atoms with Crippen LogP contribution in [0, 0.1) is 0 Å². The molecule has 2 rings (SSSR count). The Morgan fingerprint density at radius 3 is 2.37 bits per heavy atom. The van der Waals surface area contributed by atoms with Crippen molar-refractivity contribution in [2.75, 3.05) is 0 Å². The lowest BCUT2D eigenvalue weighted by Crippen LogP contribution is -2.15. The van der Waals surface area contributed by atoms with Gasteiger partial charge < -0.3 is 10.3 Å². The van der Waals surface area contributed by atoms with E-state index in [2.05, 4.69) is 30.9 Å². The van der Waals surface area contributed by atoms with Gasteiger partial charge in [-0.2, -0.15) is 4.98 Å². The summed E-state index contributed by atoms with van der Waals surface area (Å²) < 4.78 is 5.35. The van der Waals surface area contributed by atoms with Gasteiger partial charge in [-0.3, -0.25) is 0 Å². The molecule has 0 bridgehead atoms. The maximum Gasteiger partial charge on any atom is 0.232 e. The van der Waals surface area contributed by atoms with Crippen LogP contribution in [0.15, 0.2) is 28.8 Å². The first-order valence-electron chi connectivity index (χ1n) is 6.20. The highest BCUT2D eigenvalue weighted by atomic mass is 35.5. The molecule has 1 aromatic carbocycles. The van der Waals surface area contributed by atoms with Gasteiger partial charge in [0.2, 0.25) is 11.7 Å². The largest absolute Gasteiger partial charge is 0.338 e. The van der Waals surface area contributed by atoms with E-state index >= 15 is 0 Å². The topological polar surface area (TPSA) is 64.9 Å². The first-order chi connectivity index (χ1) is 8.56. The van der Waals surface area contributed by atoms with Gasteiger partial charge in [0.25, 0.3) is 0 Å². The van der Waals surface area contributed by atoms with E-state index in [0.717, 1.165) is 17.5 Å². The van der Waals surface area contributed by atoms with Crippen molar-refractivity contribution < 1.29 is 4.52 Å². The van der Waals surface area contributed by atoms with Crippen molar-refractivity contribution in [3.63, 3.8) is 0 Å². The summed E-state index contributed by atoms with van der Waals surface area (Å²) in [5.74, 6) is 1.32. The lowest BCUT2D eigenvalue weighted by atomic mass is 9.90. The number of aromatic nitrogens is 2. The number of halogens is 1. The lowest BCUT2D eigenvalue weighted by molar-refractivity contribution is 0.302. The summed E-state index contributed by atoms with van der Waals surface area (Å²) in [6, 6.07) is 7.90. The highest BCUT2D eigenvalue weighted by molar-refractivity contribution is 5.85. The van der Waals surface area contributed by atoms with E-state index in [1.54, 1.807) is 0 Å². The Bertz CT molecular complexity index is 520. The molecule has 1 aromatic heterocycles. The zero-order valence-corrected chi connectivity index (χ0v) is 12.3. The minimum Gasteiger partial charge on any atom is -0.338 e. The van der Waals surface area contributed by atoms with Crippen molar-refractivity contribution in [1.29, 1.82) is 0 Å². The molecule has 19 heavy (non-hydrogen) atoms. The maximum absolute atomic E-state index is 5.57. The van der Waals surface area contributed by atoms with E-state index in [9.17, 15) is 0 Å². The molecule has 0 aliphatic rings. The zero-order valence-electron chi connectivity index (χ0n) is 11.5. The van der Waals surface area contributed by atoms with Crippen LogP contribution in [0.4, 0.5) is 0 Å². The number of nitrogens with two attached hydrogens (primary N) is 1. The Hall–Kier alpha value is -1.39. The van der Waals surface area contributed by atoms with Gasteiger partial charge in [-0.25, -0.2) is 0 Å². The van der Waals surface area contributed by atoms with Crippen LogP contribution in [0.25, 0.3) is 11.4 Å². The molecule has 0 atom stereocenters. The first kappa shape index (κ1) is 15.7. The molecule has 5 heteroatoms. The first-order valence-corrected chi connectivity index (χ1v) is 6.20. The number of hydrogen-bond donors (Lipinski definition) is 1. The van der Waals surface area contributed by atoms with Crippen molar-refractivity contribution in [1.82, 2.24) is 10.1 Å². The molecule has 104 valence electrons. The summed E-state index contributed by atoms with van der Waals surface area (Å²) in [6.45, 7) is 6.85. The third kappa shape index (κ3) is 3.33. The fourth-order valence-electron chi connectivity index (χ4n) is 1.56. The number of nitrogens with zero attached hydrogens (tertiary/aromatic N) is 2. The van der Waals surface area contributed by atoms with Crippen LogP contribution in [-0.4, -0.2) is 10.1 Å². The van der Waals surface area contributed by atoms with Crippen molar-refractivity contribution in [3.8, 4) is 11.4 Å². The second-order valence-corrected chi connectivity index (χ2v) is 5.06. The summed E-state index contributed by atoms with van der Waals surface area (Å²) in [5.41, 5.74) is 7.53. The number of hydrogen-bond acceptors (Lipinski definition) is 4. The monoisotopic (exact) mass is 281 g/mol. The molecule has 1 heterocycles. The molecule has 0 aliphatic heterocycles. The van der Waals surface area contributed by atoms with Crippen LogP contribution >= 0.6 is 12.4 Å². The minimum atomic E-state index is -0.0809. The second kappa shape index (κ2) is 6.17. The molecule has 4 nitrogen and oxygen atoms in total. The molecule has 0 radical (unpaired) electrons. The molecule has 0 amide bonds. The fourth-order valence-corrected chi connectivity index (χ4v) is 1.56. The lowest BCUT2D eigenvalue weighted by Gasteiger charge is -2.15. The Labute approximate surface area is 119 Å². The summed E-state index contributed by atoms with van der Waals surface area (Å²) in [5, 5.41) is 4.04. The van der Waals surface area contributed by atoms with E-state index in [0.29, 0.717) is 18.3 Å². The maximum atomic E-state index is 5.57. The summed E-state index contributed by atoms with van der Waals surface area (Å²) in [6.07, 6.45) is 0.959. The molecule has 0 aliphatic carbocycles. The standard InChI is InChI=1S/C14H19N3O.ClH/c1-4-14(2,3)13-16-12(17-18-13)11-7-5-10(9-15)6-8-11;/h5-8H,4,9,15H2,1-3H3;1H. The molecule has 2 aromatic rings. The van der Waals surface area contributed by atoms with Crippen LogP contribution in [-0.2, 0) is 12.0 Å². The fraction of sp³-hybridized carbons (Fsp3) is 0.429. The van der Waals surface area contributed by atoms with Crippen LogP contribution in [0.5, 0.6) is 0 Å². The molecule has 0 spiro atoms. The summed E-state index contributed by atoms with van der Waals surface area (Å²) >= 11 is 0. The number of benzene rings is 1. The molecular formula is C14H20ClN3O. The van der Waals surface area contributed by atoms with Crippen molar-refractivity contribution >= 4 is 12.4 Å². The van der Waals surface area contributed by atoms with Crippen LogP contribution < -0.4 is 5.73 Å². The zero-order chi connectivity index (χ0) is 13.2. The van der Waals surface area contributed by atoms with Gasteiger partial charge >= 0.3 is 0 Å². The molecule has 2 N–H and O–H groups in total. The smallest absolute Gasteiger partial charge is 0.232 e. The van der Waals surface area contributed by atoms with Crippen LogP contribution in [0.2, 0.25) is 0 Å². The van der Waals surface area contributed by atoms with E-state index in [4.69, 9.17) is 10.3 Å². The van der Waals surface area contributed by atoms with Crippen LogP contribution in [0.1, 0.15) is 38.6 Å². The molecule has 0 saturated carbocycles. The van der Waals surface area contributed by atoms with Gasteiger partial charge in [-0.05, 0) is 12.0 Å². The van der Waals surface area contributed by atoms with E-state index < -0.39 is 0 Å². The predicted octanol–water partition coefficient (Wildman–Crippen LogP) is 3.30. The van der Waals surface area contributed by atoms with Crippen molar-refractivity contribution in [2.24, 2.45) is 5.73 Å². The van der Waals surface area contributed by atoms with Gasteiger partial charge in [0, 0.05) is 17.5 Å². The van der Waals surface area contributed by atoms with Gasteiger partial charge in [0.1, 0.15) is 0 Å². The Balaban J connectivity index is 0.00000180. The van der Waals surface area contributed by atoms with E-state index in [1.807, 2.05) is 24.3 Å². The second-order valence-electron chi connectivity index (χ2n) is 5.06. The Morgan fingerprint density at radius 1 is 1.21 bits per heavy atom. The predicted molar refractivity (Wildman–Crippen MR) is 78.2 cm³/mol. The van der Waals surface area contributed by atoms with E-state index in [1.165, 1.54) is 0 Å². The summed E-state index contributed by atoms with van der Waals surface area (Å²) in [7, 11) is 0. The highest BCUT2D eigenvalue weighted by Gasteiger charge is 2.25. The molecular weight excluding hydrogens is 262 g/mol. The van der Waals surface area contributed by atoms with Crippen molar-refractivity contribution in [2.45, 2.75) is 39.2 Å². The average Bonchev–Trinajstić information content (AvgIpc) is 2.89. The van der Waals surface area contributed by atoms with Crippen molar-refractivity contribution in [3.05, 3.63) is 35.7 Å². The van der Waals surface area contributed by atoms with Crippen LogP contribution in [0.3, 0.4) is 0 Å². The van der Waals surface area contributed by atoms with Gasteiger partial charge in [-0.15, -0.1) is 12.4 Å². The minimum absolute atomic E-state index is 0.